The van der Waals surface area contributed by atoms with Gasteiger partial charge in [0.1, 0.15) is 0 Å². The summed E-state index contributed by atoms with van der Waals surface area (Å²) in [6, 6.07) is 10.2. The molecule has 0 saturated carbocycles. The number of nitrogen functional groups attached to an aromatic ring is 1. The molecule has 2 heterocycles. The van der Waals surface area contributed by atoms with Crippen molar-refractivity contribution in [1.82, 2.24) is 9.97 Å². The van der Waals surface area contributed by atoms with E-state index in [4.69, 9.17) is 5.73 Å². The maximum Gasteiger partial charge on any atom is 0.180 e. The van der Waals surface area contributed by atoms with Crippen molar-refractivity contribution in [3.05, 3.63) is 42.2 Å². The number of pyridine rings is 1. The van der Waals surface area contributed by atoms with Crippen LogP contribution in [0.4, 0.5) is 5.13 Å². The number of aryl methyl sites for hydroxylation is 1. The minimum atomic E-state index is 0.596. The van der Waals surface area contributed by atoms with Crippen molar-refractivity contribution in [3.8, 4) is 10.4 Å². The van der Waals surface area contributed by atoms with Crippen LogP contribution in [0.3, 0.4) is 0 Å². The Balaban J connectivity index is 2.35. The van der Waals surface area contributed by atoms with E-state index in [2.05, 4.69) is 22.1 Å². The van der Waals surface area contributed by atoms with Crippen LogP contribution in [0.2, 0.25) is 0 Å². The Morgan fingerprint density at radius 2 is 2.06 bits per heavy atom. The number of nitrogens with zero attached hydrogens (tertiary/aromatic N) is 2. The van der Waals surface area contributed by atoms with Gasteiger partial charge in [-0.25, -0.2) is 4.98 Å². The molecule has 0 aliphatic rings. The molecule has 0 spiro atoms. The zero-order chi connectivity index (χ0) is 11.8. The summed E-state index contributed by atoms with van der Waals surface area (Å²) in [5, 5.41) is 1.74. The molecule has 0 bridgehead atoms. The van der Waals surface area contributed by atoms with Crippen molar-refractivity contribution in [2.24, 2.45) is 0 Å². The van der Waals surface area contributed by atoms with Crippen LogP contribution in [0.5, 0.6) is 0 Å². The lowest BCUT2D eigenvalue weighted by molar-refractivity contribution is 1.26. The first kappa shape index (κ1) is 10.2. The number of thiazole rings is 1. The average molecular weight is 241 g/mol. The molecule has 1 aromatic carbocycles. The van der Waals surface area contributed by atoms with Gasteiger partial charge in [0, 0.05) is 22.8 Å². The molecule has 3 aromatic rings. The molecule has 0 unspecified atom stereocenters. The zero-order valence-corrected chi connectivity index (χ0v) is 10.2. The molecule has 0 aliphatic carbocycles. The van der Waals surface area contributed by atoms with E-state index in [9.17, 15) is 0 Å². The first-order valence-corrected chi connectivity index (χ1v) is 6.14. The van der Waals surface area contributed by atoms with Crippen molar-refractivity contribution in [2.75, 3.05) is 5.73 Å². The number of anilines is 1. The van der Waals surface area contributed by atoms with E-state index < -0.39 is 0 Å². The SMILES string of the molecule is Cc1cc(-c2cnc(N)s2)c2ccccc2n1. The molecule has 2 N–H and O–H groups in total. The fourth-order valence-corrected chi connectivity index (χ4v) is 2.64. The predicted octanol–water partition coefficient (Wildman–Crippen LogP) is 3.25. The highest BCUT2D eigenvalue weighted by Crippen LogP contribution is 2.33. The van der Waals surface area contributed by atoms with Gasteiger partial charge in [0.15, 0.2) is 5.13 Å². The zero-order valence-electron chi connectivity index (χ0n) is 9.34. The van der Waals surface area contributed by atoms with Crippen LogP contribution in [-0.2, 0) is 0 Å². The number of aromatic nitrogens is 2. The summed E-state index contributed by atoms with van der Waals surface area (Å²) in [5.41, 5.74) is 8.86. The van der Waals surface area contributed by atoms with Gasteiger partial charge in [-0.15, -0.1) is 0 Å². The molecule has 4 heteroatoms. The fraction of sp³-hybridized carbons (Fsp3) is 0.0769. The summed E-state index contributed by atoms with van der Waals surface area (Å²) in [4.78, 5) is 9.71. The summed E-state index contributed by atoms with van der Waals surface area (Å²) in [6.07, 6.45) is 1.82. The molecule has 0 atom stereocenters. The highest BCUT2D eigenvalue weighted by atomic mass is 32.1. The first-order chi connectivity index (χ1) is 8.24. The monoisotopic (exact) mass is 241 g/mol. The minimum Gasteiger partial charge on any atom is -0.375 e. The Labute approximate surface area is 103 Å². The van der Waals surface area contributed by atoms with Crippen LogP contribution in [0.1, 0.15) is 5.69 Å². The van der Waals surface area contributed by atoms with Gasteiger partial charge in [0.25, 0.3) is 0 Å². The summed E-state index contributed by atoms with van der Waals surface area (Å²) in [6.45, 7) is 2.00. The number of rotatable bonds is 1. The third-order valence-corrected chi connectivity index (χ3v) is 3.49. The van der Waals surface area contributed by atoms with Crippen LogP contribution in [0, 0.1) is 6.92 Å². The number of hydrogen-bond acceptors (Lipinski definition) is 4. The summed E-state index contributed by atoms with van der Waals surface area (Å²) < 4.78 is 0. The van der Waals surface area contributed by atoms with Gasteiger partial charge in [0.2, 0.25) is 0 Å². The van der Waals surface area contributed by atoms with Crippen molar-refractivity contribution in [2.45, 2.75) is 6.92 Å². The van der Waals surface area contributed by atoms with Crippen LogP contribution >= 0.6 is 11.3 Å². The van der Waals surface area contributed by atoms with Gasteiger partial charge in [0.05, 0.1) is 10.4 Å². The highest BCUT2D eigenvalue weighted by molar-refractivity contribution is 7.18. The normalized spacial score (nSPS) is 10.9. The van der Waals surface area contributed by atoms with Gasteiger partial charge < -0.3 is 5.73 Å². The Bertz CT molecular complexity index is 688. The van der Waals surface area contributed by atoms with Gasteiger partial charge in [-0.05, 0) is 19.1 Å². The Morgan fingerprint density at radius 3 is 2.82 bits per heavy atom. The standard InChI is InChI=1S/C13H11N3S/c1-8-6-10(12-7-15-13(14)17-12)9-4-2-3-5-11(9)16-8/h2-7H,1H3,(H2,14,15). The molecule has 0 amide bonds. The minimum absolute atomic E-state index is 0.596. The van der Waals surface area contributed by atoms with E-state index in [1.54, 1.807) is 0 Å². The Morgan fingerprint density at radius 1 is 1.24 bits per heavy atom. The van der Waals surface area contributed by atoms with E-state index >= 15 is 0 Å². The number of para-hydroxylation sites is 1. The molecular weight excluding hydrogens is 230 g/mol. The molecule has 84 valence electrons. The van der Waals surface area contributed by atoms with E-state index in [1.807, 2.05) is 31.3 Å². The van der Waals surface area contributed by atoms with Crippen molar-refractivity contribution >= 4 is 27.4 Å². The van der Waals surface area contributed by atoms with E-state index in [-0.39, 0.29) is 0 Å². The average Bonchev–Trinajstić information content (AvgIpc) is 2.74. The first-order valence-electron chi connectivity index (χ1n) is 5.32. The van der Waals surface area contributed by atoms with E-state index in [1.165, 1.54) is 11.3 Å². The van der Waals surface area contributed by atoms with E-state index in [0.29, 0.717) is 5.13 Å². The van der Waals surface area contributed by atoms with Crippen LogP contribution in [0.15, 0.2) is 36.5 Å². The summed E-state index contributed by atoms with van der Waals surface area (Å²) in [7, 11) is 0. The predicted molar refractivity (Wildman–Crippen MR) is 72.0 cm³/mol. The van der Waals surface area contributed by atoms with Crippen molar-refractivity contribution in [1.29, 1.82) is 0 Å². The molecule has 17 heavy (non-hydrogen) atoms. The van der Waals surface area contributed by atoms with Crippen LogP contribution in [-0.4, -0.2) is 9.97 Å². The lowest BCUT2D eigenvalue weighted by Gasteiger charge is -2.05. The second-order valence-corrected chi connectivity index (χ2v) is 4.95. The largest absolute Gasteiger partial charge is 0.375 e. The maximum absolute atomic E-state index is 5.69. The second kappa shape index (κ2) is 3.82. The smallest absolute Gasteiger partial charge is 0.180 e. The molecule has 0 aliphatic heterocycles. The van der Waals surface area contributed by atoms with Gasteiger partial charge in [-0.2, -0.15) is 0 Å². The second-order valence-electron chi connectivity index (χ2n) is 3.89. The Kier molecular flexibility index (Phi) is 2.30. The quantitative estimate of drug-likeness (QED) is 0.711. The number of nitrogens with two attached hydrogens (primary N) is 1. The molecule has 0 fully saturated rings. The lowest BCUT2D eigenvalue weighted by atomic mass is 10.1. The fourth-order valence-electron chi connectivity index (χ4n) is 1.92. The van der Waals surface area contributed by atoms with Gasteiger partial charge in [-0.1, -0.05) is 29.5 Å². The maximum atomic E-state index is 5.69. The number of hydrogen-bond donors (Lipinski definition) is 1. The molecule has 2 aromatic heterocycles. The molecular formula is C13H11N3S. The Hall–Kier alpha value is -1.94. The molecule has 0 saturated heterocycles. The molecule has 3 rings (SSSR count). The third-order valence-electron chi connectivity index (χ3n) is 2.63. The van der Waals surface area contributed by atoms with Gasteiger partial charge in [-0.3, -0.25) is 4.98 Å². The van der Waals surface area contributed by atoms with Crippen LogP contribution in [0.25, 0.3) is 21.3 Å². The summed E-state index contributed by atoms with van der Waals surface area (Å²) in [5.74, 6) is 0. The summed E-state index contributed by atoms with van der Waals surface area (Å²) >= 11 is 1.50. The third kappa shape index (κ3) is 1.76. The van der Waals surface area contributed by atoms with Crippen LogP contribution < -0.4 is 5.73 Å². The molecule has 0 radical (unpaired) electrons. The lowest BCUT2D eigenvalue weighted by Crippen LogP contribution is -1.86. The van der Waals surface area contributed by atoms with Crippen molar-refractivity contribution in [3.63, 3.8) is 0 Å². The molecule has 3 nitrogen and oxygen atoms in total. The topological polar surface area (TPSA) is 51.8 Å². The highest BCUT2D eigenvalue weighted by Gasteiger charge is 2.08. The van der Waals surface area contributed by atoms with Crippen molar-refractivity contribution < 1.29 is 0 Å². The number of fused-ring (bicyclic) bond motifs is 1. The van der Waals surface area contributed by atoms with Gasteiger partial charge >= 0.3 is 0 Å². The van der Waals surface area contributed by atoms with E-state index in [0.717, 1.165) is 27.0 Å². The number of benzene rings is 1.